The highest BCUT2D eigenvalue weighted by atomic mass is 16.7. The lowest BCUT2D eigenvalue weighted by Crippen LogP contribution is -2.41. The number of carbonyl (C=O) groups excluding carboxylic acids is 1. The molecule has 2 saturated heterocycles. The van der Waals surface area contributed by atoms with E-state index in [0.717, 1.165) is 11.9 Å². The molecule has 1 amide bonds. The van der Waals surface area contributed by atoms with E-state index in [9.17, 15) is 4.79 Å². The highest BCUT2D eigenvalue weighted by Gasteiger charge is 2.51. The number of amides is 1. The highest BCUT2D eigenvalue weighted by Crippen LogP contribution is 2.36. The first kappa shape index (κ1) is 20.9. The van der Waals surface area contributed by atoms with Crippen LogP contribution in [0.2, 0.25) is 0 Å². The zero-order chi connectivity index (χ0) is 20.7. The molecule has 0 radical (unpaired) electrons. The minimum atomic E-state index is -0.499. The van der Waals surface area contributed by atoms with Gasteiger partial charge in [-0.1, -0.05) is 6.07 Å². The van der Waals surface area contributed by atoms with Gasteiger partial charge in [0, 0.05) is 24.6 Å². The Balaban J connectivity index is 1.55. The highest BCUT2D eigenvalue weighted by molar-refractivity contribution is 6.62. The first-order chi connectivity index (χ1) is 12.9. The van der Waals surface area contributed by atoms with E-state index in [1.807, 2.05) is 60.6 Å². The largest absolute Gasteiger partial charge is 0.496 e. The number of carbonyl (C=O) groups is 1. The van der Waals surface area contributed by atoms with Crippen molar-refractivity contribution in [2.45, 2.75) is 77.8 Å². The molecule has 0 aromatic carbocycles. The summed E-state index contributed by atoms with van der Waals surface area (Å²) in [6.07, 6.45) is 2.07. The van der Waals surface area contributed by atoms with Crippen molar-refractivity contribution < 1.29 is 23.6 Å². The van der Waals surface area contributed by atoms with Crippen LogP contribution >= 0.6 is 0 Å². The van der Waals surface area contributed by atoms with Crippen molar-refractivity contribution in [3.05, 3.63) is 18.3 Å². The molecule has 28 heavy (non-hydrogen) atoms. The third-order valence-corrected chi connectivity index (χ3v) is 5.37. The van der Waals surface area contributed by atoms with Gasteiger partial charge in [0.1, 0.15) is 11.7 Å². The zero-order valence-electron chi connectivity index (χ0n) is 17.9. The Hall–Kier alpha value is -1.80. The summed E-state index contributed by atoms with van der Waals surface area (Å²) in [4.78, 5) is 18.2. The first-order valence-corrected chi connectivity index (χ1v) is 9.82. The number of hydrogen-bond donors (Lipinski definition) is 0. The molecule has 0 aliphatic carbocycles. The molecule has 3 heterocycles. The number of likely N-dealkylation sites (tertiary alicyclic amines) is 1. The van der Waals surface area contributed by atoms with Crippen molar-refractivity contribution in [3.8, 4) is 5.88 Å². The number of ether oxygens (including phenoxy) is 2. The Morgan fingerprint density at radius 3 is 2.39 bits per heavy atom. The van der Waals surface area contributed by atoms with Crippen LogP contribution in [0, 0.1) is 0 Å². The monoisotopic (exact) mass is 390 g/mol. The fourth-order valence-electron chi connectivity index (χ4n) is 3.07. The van der Waals surface area contributed by atoms with Gasteiger partial charge in [-0.25, -0.2) is 9.78 Å². The van der Waals surface area contributed by atoms with Crippen molar-refractivity contribution >= 4 is 18.7 Å². The predicted octanol–water partition coefficient (Wildman–Crippen LogP) is 2.77. The van der Waals surface area contributed by atoms with E-state index in [1.165, 1.54) is 0 Å². The van der Waals surface area contributed by atoms with E-state index in [0.29, 0.717) is 19.0 Å². The molecule has 1 aromatic rings. The van der Waals surface area contributed by atoms with Gasteiger partial charge >= 0.3 is 13.2 Å². The Morgan fingerprint density at radius 2 is 1.86 bits per heavy atom. The molecular weight excluding hydrogens is 359 g/mol. The summed E-state index contributed by atoms with van der Waals surface area (Å²) in [5, 5.41) is 0. The number of hydrogen-bond acceptors (Lipinski definition) is 6. The van der Waals surface area contributed by atoms with Gasteiger partial charge in [-0.3, -0.25) is 0 Å². The molecule has 8 heteroatoms. The van der Waals surface area contributed by atoms with E-state index >= 15 is 0 Å². The van der Waals surface area contributed by atoms with Crippen molar-refractivity contribution in [1.29, 1.82) is 0 Å². The summed E-state index contributed by atoms with van der Waals surface area (Å²) in [5.74, 6) is 0.524. The summed E-state index contributed by atoms with van der Waals surface area (Å²) in [6.45, 7) is 14.8. The lowest BCUT2D eigenvalue weighted by Gasteiger charge is -2.32. The maximum atomic E-state index is 12.2. The molecule has 0 bridgehead atoms. The summed E-state index contributed by atoms with van der Waals surface area (Å²) in [5.41, 5.74) is -0.419. The summed E-state index contributed by atoms with van der Waals surface area (Å²) in [7, 11) is -0.444. The maximum absolute atomic E-state index is 12.2. The smallest absolute Gasteiger partial charge is 0.472 e. The molecule has 1 atom stereocenters. The van der Waals surface area contributed by atoms with Crippen LogP contribution in [0.1, 0.15) is 54.9 Å². The second-order valence-electron chi connectivity index (χ2n) is 9.47. The molecule has 154 valence electrons. The van der Waals surface area contributed by atoms with Crippen molar-refractivity contribution in [1.82, 2.24) is 9.88 Å². The maximum Gasteiger partial charge on any atom is 0.496 e. The molecule has 0 N–H and O–H groups in total. The van der Waals surface area contributed by atoms with E-state index in [1.54, 1.807) is 11.1 Å². The summed E-state index contributed by atoms with van der Waals surface area (Å²) in [6, 6.07) is 3.72. The van der Waals surface area contributed by atoms with Gasteiger partial charge in [0.2, 0.25) is 5.88 Å². The lowest BCUT2D eigenvalue weighted by molar-refractivity contribution is 0.00578. The van der Waals surface area contributed by atoms with Crippen LogP contribution in [-0.4, -0.2) is 59.1 Å². The van der Waals surface area contributed by atoms with Gasteiger partial charge in [0.15, 0.2) is 0 Å². The number of rotatable bonds is 3. The minimum absolute atomic E-state index is 0.0947. The minimum Gasteiger partial charge on any atom is -0.472 e. The van der Waals surface area contributed by atoms with E-state index < -0.39 is 12.7 Å². The molecule has 3 rings (SSSR count). The molecule has 2 fully saturated rings. The second-order valence-corrected chi connectivity index (χ2v) is 9.47. The van der Waals surface area contributed by atoms with Gasteiger partial charge in [-0.2, -0.15) is 0 Å². The van der Waals surface area contributed by atoms with Crippen LogP contribution in [0.25, 0.3) is 0 Å². The molecule has 2 aliphatic rings. The van der Waals surface area contributed by atoms with Crippen LogP contribution in [0.5, 0.6) is 5.88 Å². The molecule has 1 unspecified atom stereocenters. The third-order valence-electron chi connectivity index (χ3n) is 5.37. The fourth-order valence-corrected chi connectivity index (χ4v) is 3.07. The van der Waals surface area contributed by atoms with Crippen LogP contribution in [0.15, 0.2) is 18.3 Å². The molecule has 0 spiro atoms. The molecule has 7 nitrogen and oxygen atoms in total. The SMILES string of the molecule is CC(C)(C)OC(=O)N1CCC(Oc2ccc(B3OC(C)(C)C(C)(C)O3)cn2)C1. The van der Waals surface area contributed by atoms with Gasteiger partial charge in [-0.15, -0.1) is 0 Å². The zero-order valence-corrected chi connectivity index (χ0v) is 17.9. The number of nitrogens with zero attached hydrogens (tertiary/aromatic N) is 2. The lowest BCUT2D eigenvalue weighted by atomic mass is 9.80. The molecule has 0 saturated carbocycles. The van der Waals surface area contributed by atoms with Gasteiger partial charge in [0.25, 0.3) is 0 Å². The molecule has 2 aliphatic heterocycles. The van der Waals surface area contributed by atoms with Gasteiger partial charge < -0.3 is 23.7 Å². The van der Waals surface area contributed by atoms with Gasteiger partial charge in [0.05, 0.1) is 17.7 Å². The van der Waals surface area contributed by atoms with Crippen LogP contribution in [0.3, 0.4) is 0 Å². The number of aromatic nitrogens is 1. The first-order valence-electron chi connectivity index (χ1n) is 9.82. The average Bonchev–Trinajstić information content (AvgIpc) is 3.09. The topological polar surface area (TPSA) is 70.1 Å². The Morgan fingerprint density at radius 1 is 1.21 bits per heavy atom. The van der Waals surface area contributed by atoms with Crippen LogP contribution in [-0.2, 0) is 14.0 Å². The van der Waals surface area contributed by atoms with Crippen LogP contribution in [0.4, 0.5) is 4.79 Å². The normalized spacial score (nSPS) is 23.8. The average molecular weight is 390 g/mol. The third kappa shape index (κ3) is 4.60. The molecule has 1 aromatic heterocycles. The second kappa shape index (κ2) is 7.23. The van der Waals surface area contributed by atoms with E-state index in [-0.39, 0.29) is 23.4 Å². The van der Waals surface area contributed by atoms with E-state index in [4.69, 9.17) is 18.8 Å². The van der Waals surface area contributed by atoms with Crippen molar-refractivity contribution in [2.24, 2.45) is 0 Å². The predicted molar refractivity (Wildman–Crippen MR) is 107 cm³/mol. The number of pyridine rings is 1. The Kier molecular flexibility index (Phi) is 5.40. The Bertz CT molecular complexity index is 698. The van der Waals surface area contributed by atoms with Crippen LogP contribution < -0.4 is 10.2 Å². The summed E-state index contributed by atoms with van der Waals surface area (Å²) >= 11 is 0. The Labute approximate surface area is 167 Å². The summed E-state index contributed by atoms with van der Waals surface area (Å²) < 4.78 is 23.4. The fraction of sp³-hybridized carbons (Fsp3) is 0.700. The standard InChI is InChI=1S/C20H31BN2O5/c1-18(2,3)26-17(24)23-11-10-15(13-23)25-16-9-8-14(12-22-16)21-27-19(4,5)20(6,7)28-21/h8-9,12,15H,10-11,13H2,1-7H3. The quantitative estimate of drug-likeness (QED) is 0.740. The molecular formula is C20H31BN2O5. The van der Waals surface area contributed by atoms with Crippen molar-refractivity contribution in [2.75, 3.05) is 13.1 Å². The van der Waals surface area contributed by atoms with Gasteiger partial charge in [-0.05, 0) is 54.5 Å². The van der Waals surface area contributed by atoms with E-state index in [2.05, 4.69) is 4.98 Å². The van der Waals surface area contributed by atoms with Crippen molar-refractivity contribution in [3.63, 3.8) is 0 Å².